The summed E-state index contributed by atoms with van der Waals surface area (Å²) >= 11 is 0. The Morgan fingerprint density at radius 3 is 2.77 bits per heavy atom. The van der Waals surface area contributed by atoms with Crippen LogP contribution in [0.25, 0.3) is 16.6 Å². The number of nitrogens with one attached hydrogen (secondary N) is 3. The molecular formula is C20H17N7O3. The van der Waals surface area contributed by atoms with Crippen molar-refractivity contribution in [2.45, 2.75) is 6.92 Å². The molecule has 0 saturated heterocycles. The molecule has 0 aliphatic carbocycles. The third kappa shape index (κ3) is 3.78. The first kappa shape index (κ1) is 19.0. The number of aromatic nitrogens is 5. The highest BCUT2D eigenvalue weighted by Gasteiger charge is 2.14. The van der Waals surface area contributed by atoms with E-state index in [0.717, 1.165) is 0 Å². The second-order valence-electron chi connectivity index (χ2n) is 6.50. The van der Waals surface area contributed by atoms with E-state index in [1.807, 2.05) is 0 Å². The smallest absolute Gasteiger partial charge is 0.257 e. The molecule has 10 nitrogen and oxygen atoms in total. The predicted octanol–water partition coefficient (Wildman–Crippen LogP) is 1.18. The molecule has 4 rings (SSSR count). The number of nitrogens with zero attached hydrogens (tertiary/aromatic N) is 4. The maximum atomic E-state index is 12.5. The van der Waals surface area contributed by atoms with Crippen molar-refractivity contribution in [3.63, 3.8) is 0 Å². The van der Waals surface area contributed by atoms with Crippen molar-refractivity contribution in [2.24, 2.45) is 0 Å². The van der Waals surface area contributed by atoms with Crippen LogP contribution in [0.3, 0.4) is 0 Å². The number of aryl methyl sites for hydroxylation is 1. The van der Waals surface area contributed by atoms with Crippen LogP contribution in [0.15, 0.2) is 59.5 Å². The van der Waals surface area contributed by atoms with Crippen molar-refractivity contribution >= 4 is 28.4 Å². The van der Waals surface area contributed by atoms with Crippen molar-refractivity contribution in [1.82, 2.24) is 30.5 Å². The molecule has 30 heavy (non-hydrogen) atoms. The molecule has 2 heterocycles. The number of hydrogen-bond donors (Lipinski definition) is 3. The van der Waals surface area contributed by atoms with Gasteiger partial charge in [0.1, 0.15) is 5.56 Å². The summed E-state index contributed by atoms with van der Waals surface area (Å²) in [6, 6.07) is 13.9. The molecular weight excluding hydrogens is 386 g/mol. The first-order chi connectivity index (χ1) is 14.5. The van der Waals surface area contributed by atoms with E-state index >= 15 is 0 Å². The molecule has 2 aromatic heterocycles. The molecule has 0 saturated carbocycles. The van der Waals surface area contributed by atoms with Crippen LogP contribution in [-0.2, 0) is 4.79 Å². The number of tetrazole rings is 1. The highest BCUT2D eigenvalue weighted by Crippen LogP contribution is 2.14. The summed E-state index contributed by atoms with van der Waals surface area (Å²) in [6.45, 7) is 1.47. The van der Waals surface area contributed by atoms with Crippen LogP contribution in [0.1, 0.15) is 16.2 Å². The summed E-state index contributed by atoms with van der Waals surface area (Å²) in [5.41, 5.74) is 1.38. The lowest BCUT2D eigenvalue weighted by Crippen LogP contribution is -2.35. The normalized spacial score (nSPS) is 10.7. The summed E-state index contributed by atoms with van der Waals surface area (Å²) in [4.78, 5) is 40.0. The van der Waals surface area contributed by atoms with Gasteiger partial charge in [0, 0.05) is 22.8 Å². The van der Waals surface area contributed by atoms with Crippen LogP contribution >= 0.6 is 0 Å². The number of H-pyrrole nitrogens is 1. The lowest BCUT2D eigenvalue weighted by Gasteiger charge is -2.09. The Hall–Kier alpha value is -4.34. The first-order valence-electron chi connectivity index (χ1n) is 9.07. The van der Waals surface area contributed by atoms with Gasteiger partial charge >= 0.3 is 0 Å². The minimum Gasteiger partial charge on any atom is -0.360 e. The molecule has 0 atom stereocenters. The third-order valence-corrected chi connectivity index (χ3v) is 4.44. The van der Waals surface area contributed by atoms with E-state index in [2.05, 4.69) is 31.1 Å². The SMILES string of the molecule is Cc1nnnn1-c1cccc(NC(=O)CNC(=O)c2c[nH]c3ccccc3c2=O)c1. The molecule has 150 valence electrons. The van der Waals surface area contributed by atoms with Gasteiger partial charge in [0.25, 0.3) is 5.91 Å². The Labute approximate surface area is 169 Å². The van der Waals surface area contributed by atoms with Gasteiger partial charge in [-0.15, -0.1) is 5.10 Å². The molecule has 0 fully saturated rings. The van der Waals surface area contributed by atoms with E-state index < -0.39 is 17.2 Å². The van der Waals surface area contributed by atoms with Gasteiger partial charge in [0.2, 0.25) is 11.3 Å². The second kappa shape index (κ2) is 7.95. The van der Waals surface area contributed by atoms with Gasteiger partial charge in [0.05, 0.1) is 12.2 Å². The molecule has 2 amide bonds. The quantitative estimate of drug-likeness (QED) is 0.458. The van der Waals surface area contributed by atoms with Crippen LogP contribution in [0.5, 0.6) is 0 Å². The topological polar surface area (TPSA) is 135 Å². The van der Waals surface area contributed by atoms with Gasteiger partial charge in [-0.2, -0.15) is 4.68 Å². The number of hydrogen-bond acceptors (Lipinski definition) is 6. The number of benzene rings is 2. The lowest BCUT2D eigenvalue weighted by atomic mass is 10.1. The van der Waals surface area contributed by atoms with Crippen molar-refractivity contribution in [3.8, 4) is 5.69 Å². The maximum absolute atomic E-state index is 12.5. The summed E-state index contributed by atoms with van der Waals surface area (Å²) in [6.07, 6.45) is 1.34. The minimum atomic E-state index is -0.629. The lowest BCUT2D eigenvalue weighted by molar-refractivity contribution is -0.115. The Morgan fingerprint density at radius 2 is 1.97 bits per heavy atom. The largest absolute Gasteiger partial charge is 0.360 e. The summed E-state index contributed by atoms with van der Waals surface area (Å²) in [5, 5.41) is 16.9. The van der Waals surface area contributed by atoms with Crippen molar-refractivity contribution in [2.75, 3.05) is 11.9 Å². The van der Waals surface area contributed by atoms with E-state index in [4.69, 9.17) is 0 Å². The molecule has 0 aliphatic rings. The highest BCUT2D eigenvalue weighted by atomic mass is 16.2. The number of carbonyl (C=O) groups is 2. The molecule has 4 aromatic rings. The molecule has 0 spiro atoms. The third-order valence-electron chi connectivity index (χ3n) is 4.44. The van der Waals surface area contributed by atoms with Gasteiger partial charge in [-0.3, -0.25) is 14.4 Å². The van der Waals surface area contributed by atoms with Crippen LogP contribution in [0, 0.1) is 6.92 Å². The van der Waals surface area contributed by atoms with Gasteiger partial charge in [-0.1, -0.05) is 18.2 Å². The van der Waals surface area contributed by atoms with Gasteiger partial charge in [0.15, 0.2) is 5.82 Å². The van der Waals surface area contributed by atoms with Crippen LogP contribution < -0.4 is 16.1 Å². The standard InChI is InChI=1S/C20H17N7O3/c1-12-24-25-26-27(12)14-6-4-5-13(9-14)23-18(28)11-22-20(30)16-10-21-17-8-3-2-7-15(17)19(16)29/h2-10H,11H2,1H3,(H,21,29)(H,22,30)(H,23,28). The number of pyridine rings is 1. The number of anilines is 1. The summed E-state index contributed by atoms with van der Waals surface area (Å²) < 4.78 is 1.53. The number of rotatable bonds is 5. The monoisotopic (exact) mass is 403 g/mol. The Kier molecular flexibility index (Phi) is 5.04. The Morgan fingerprint density at radius 1 is 1.13 bits per heavy atom. The van der Waals surface area contributed by atoms with Crippen LogP contribution in [-0.4, -0.2) is 43.6 Å². The van der Waals surface area contributed by atoms with E-state index in [1.54, 1.807) is 55.5 Å². The van der Waals surface area contributed by atoms with Gasteiger partial charge in [-0.05, 0) is 47.7 Å². The Bertz CT molecular complexity index is 1310. The number of fused-ring (bicyclic) bond motifs is 1. The minimum absolute atomic E-state index is 0.0577. The van der Waals surface area contributed by atoms with Crippen LogP contribution in [0.4, 0.5) is 5.69 Å². The first-order valence-corrected chi connectivity index (χ1v) is 9.07. The predicted molar refractivity (Wildman–Crippen MR) is 109 cm³/mol. The van der Waals surface area contributed by atoms with Crippen molar-refractivity contribution < 1.29 is 9.59 Å². The van der Waals surface area contributed by atoms with E-state index in [-0.39, 0.29) is 12.1 Å². The zero-order chi connectivity index (χ0) is 21.1. The zero-order valence-corrected chi connectivity index (χ0v) is 15.9. The fraction of sp³-hybridized carbons (Fsp3) is 0.100. The molecule has 3 N–H and O–H groups in total. The summed E-state index contributed by atoms with van der Waals surface area (Å²) in [5.74, 6) is -0.465. The summed E-state index contributed by atoms with van der Waals surface area (Å²) in [7, 11) is 0. The zero-order valence-electron chi connectivity index (χ0n) is 15.9. The average molecular weight is 403 g/mol. The highest BCUT2D eigenvalue weighted by molar-refractivity contribution is 6.00. The number of amides is 2. The van der Waals surface area contributed by atoms with E-state index in [9.17, 15) is 14.4 Å². The molecule has 10 heteroatoms. The van der Waals surface area contributed by atoms with E-state index in [0.29, 0.717) is 28.1 Å². The number of para-hydroxylation sites is 1. The number of carbonyl (C=O) groups excluding carboxylic acids is 2. The fourth-order valence-electron chi connectivity index (χ4n) is 2.98. The molecule has 0 unspecified atom stereocenters. The van der Waals surface area contributed by atoms with Crippen LogP contribution in [0.2, 0.25) is 0 Å². The molecule has 0 radical (unpaired) electrons. The Balaban J connectivity index is 1.42. The van der Waals surface area contributed by atoms with Crippen molar-refractivity contribution in [1.29, 1.82) is 0 Å². The van der Waals surface area contributed by atoms with Gasteiger partial charge in [-0.25, -0.2) is 0 Å². The van der Waals surface area contributed by atoms with Crippen molar-refractivity contribution in [3.05, 3.63) is 76.3 Å². The maximum Gasteiger partial charge on any atom is 0.257 e. The van der Waals surface area contributed by atoms with E-state index in [1.165, 1.54) is 10.9 Å². The van der Waals surface area contributed by atoms with Gasteiger partial charge < -0.3 is 15.6 Å². The second-order valence-corrected chi connectivity index (χ2v) is 6.50. The molecule has 0 aliphatic heterocycles. The fourth-order valence-corrected chi connectivity index (χ4v) is 2.98. The number of aromatic amines is 1. The average Bonchev–Trinajstić information content (AvgIpc) is 3.18. The molecule has 2 aromatic carbocycles. The molecule has 0 bridgehead atoms.